The molecule has 0 saturated carbocycles. The van der Waals surface area contributed by atoms with Gasteiger partial charge >= 0.3 is 0 Å². The van der Waals surface area contributed by atoms with E-state index in [1.165, 1.54) is 6.92 Å². The summed E-state index contributed by atoms with van der Waals surface area (Å²) in [7, 11) is 0. The lowest BCUT2D eigenvalue weighted by Crippen LogP contribution is -2.45. The molecule has 1 aromatic heterocycles. The molecule has 4 rings (SSSR count). The summed E-state index contributed by atoms with van der Waals surface area (Å²) in [6, 6.07) is 10.9. The lowest BCUT2D eigenvalue weighted by atomic mass is 10.1. The van der Waals surface area contributed by atoms with E-state index in [1.54, 1.807) is 42.6 Å². The lowest BCUT2D eigenvalue weighted by molar-refractivity contribution is -0.119. The molecule has 1 aliphatic rings. The molecule has 1 atom stereocenters. The summed E-state index contributed by atoms with van der Waals surface area (Å²) in [4.78, 5) is 38.4. The number of carbonyl (C=O) groups excluding carboxylic acids is 3. The van der Waals surface area contributed by atoms with Crippen LogP contribution in [0, 0.1) is 0 Å². The molecule has 7 nitrogen and oxygen atoms in total. The molecule has 0 spiro atoms. The van der Waals surface area contributed by atoms with E-state index in [0.717, 1.165) is 15.8 Å². The average molecular weight is 334 g/mol. The summed E-state index contributed by atoms with van der Waals surface area (Å²) in [6.45, 7) is 1.53. The van der Waals surface area contributed by atoms with Gasteiger partial charge in [0.05, 0.1) is 22.8 Å². The van der Waals surface area contributed by atoms with Crippen LogP contribution in [0.1, 0.15) is 27.6 Å². The van der Waals surface area contributed by atoms with Gasteiger partial charge in [-0.2, -0.15) is 5.10 Å². The van der Waals surface area contributed by atoms with Crippen molar-refractivity contribution in [1.82, 2.24) is 15.1 Å². The molecule has 2 N–H and O–H groups in total. The third kappa shape index (κ3) is 2.37. The second-order valence-corrected chi connectivity index (χ2v) is 5.86. The fourth-order valence-corrected chi connectivity index (χ4v) is 2.94. The maximum atomic E-state index is 12.5. The summed E-state index contributed by atoms with van der Waals surface area (Å²) in [5.41, 5.74) is 1.99. The molecule has 0 radical (unpaired) electrons. The average Bonchev–Trinajstić information content (AvgIpc) is 3.18. The lowest BCUT2D eigenvalue weighted by Gasteiger charge is -2.21. The number of hydrogen-bond acceptors (Lipinski definition) is 4. The maximum Gasteiger partial charge on any atom is 0.262 e. The number of imide groups is 1. The van der Waals surface area contributed by atoms with E-state index >= 15 is 0 Å². The topological polar surface area (TPSA) is 95.2 Å². The Balaban J connectivity index is 1.56. The van der Waals surface area contributed by atoms with Gasteiger partial charge in [-0.05, 0) is 37.3 Å². The molecular formula is C18H14N4O3. The van der Waals surface area contributed by atoms with E-state index in [9.17, 15) is 14.4 Å². The first kappa shape index (κ1) is 15.1. The molecule has 1 aliphatic heterocycles. The van der Waals surface area contributed by atoms with Crippen molar-refractivity contribution in [3.05, 3.63) is 59.8 Å². The highest BCUT2D eigenvalue weighted by atomic mass is 16.2. The molecule has 25 heavy (non-hydrogen) atoms. The largest absolute Gasteiger partial charge is 0.324 e. The summed E-state index contributed by atoms with van der Waals surface area (Å²) in [5.74, 6) is -1.34. The van der Waals surface area contributed by atoms with Gasteiger partial charge in [-0.1, -0.05) is 12.1 Å². The molecule has 0 bridgehead atoms. The predicted octanol–water partition coefficient (Wildman–Crippen LogP) is 2.19. The van der Waals surface area contributed by atoms with Gasteiger partial charge in [-0.15, -0.1) is 0 Å². The number of nitrogens with one attached hydrogen (secondary N) is 2. The smallest absolute Gasteiger partial charge is 0.262 e. The minimum Gasteiger partial charge on any atom is -0.324 e. The Morgan fingerprint density at radius 2 is 1.80 bits per heavy atom. The van der Waals surface area contributed by atoms with Crippen LogP contribution < -0.4 is 5.32 Å². The summed E-state index contributed by atoms with van der Waals surface area (Å²) in [5, 5.41) is 10.4. The Kier molecular flexibility index (Phi) is 3.35. The highest BCUT2D eigenvalue weighted by molar-refractivity contribution is 6.23. The predicted molar refractivity (Wildman–Crippen MR) is 91.1 cm³/mol. The van der Waals surface area contributed by atoms with Crippen LogP contribution in [0.25, 0.3) is 10.9 Å². The first-order valence-electron chi connectivity index (χ1n) is 7.77. The van der Waals surface area contributed by atoms with Crippen molar-refractivity contribution in [2.45, 2.75) is 13.0 Å². The normalized spacial score (nSPS) is 14.7. The second-order valence-electron chi connectivity index (χ2n) is 5.86. The van der Waals surface area contributed by atoms with Gasteiger partial charge in [0.15, 0.2) is 0 Å². The van der Waals surface area contributed by atoms with E-state index in [4.69, 9.17) is 0 Å². The number of fused-ring (bicyclic) bond motifs is 2. The van der Waals surface area contributed by atoms with Gasteiger partial charge in [0.25, 0.3) is 11.8 Å². The first-order chi connectivity index (χ1) is 12.1. The van der Waals surface area contributed by atoms with Crippen LogP contribution in [-0.4, -0.2) is 38.9 Å². The van der Waals surface area contributed by atoms with Crippen molar-refractivity contribution in [3.63, 3.8) is 0 Å². The number of amides is 3. The van der Waals surface area contributed by atoms with Gasteiger partial charge in [0.2, 0.25) is 5.91 Å². The zero-order chi connectivity index (χ0) is 17.6. The Hall–Kier alpha value is -3.48. The van der Waals surface area contributed by atoms with E-state index in [-0.39, 0.29) is 0 Å². The zero-order valence-electron chi connectivity index (χ0n) is 13.3. The van der Waals surface area contributed by atoms with E-state index in [0.29, 0.717) is 16.8 Å². The van der Waals surface area contributed by atoms with Crippen molar-refractivity contribution in [2.75, 3.05) is 5.32 Å². The number of aromatic amines is 1. The molecule has 3 aromatic rings. The van der Waals surface area contributed by atoms with Crippen LogP contribution in [0.2, 0.25) is 0 Å². The third-order valence-corrected chi connectivity index (χ3v) is 4.30. The number of anilines is 1. The molecule has 3 amide bonds. The summed E-state index contributed by atoms with van der Waals surface area (Å²) in [6.07, 6.45) is 1.68. The third-order valence-electron chi connectivity index (χ3n) is 4.30. The fourth-order valence-electron chi connectivity index (χ4n) is 2.94. The quantitative estimate of drug-likeness (QED) is 0.718. The highest BCUT2D eigenvalue weighted by Crippen LogP contribution is 2.25. The first-order valence-corrected chi connectivity index (χ1v) is 7.77. The molecule has 2 heterocycles. The monoisotopic (exact) mass is 334 g/mol. The molecule has 2 aromatic carbocycles. The molecule has 0 fully saturated rings. The maximum absolute atomic E-state index is 12.5. The molecule has 0 aliphatic carbocycles. The van der Waals surface area contributed by atoms with E-state index in [2.05, 4.69) is 15.5 Å². The van der Waals surface area contributed by atoms with Crippen LogP contribution >= 0.6 is 0 Å². The van der Waals surface area contributed by atoms with Crippen LogP contribution in [0.3, 0.4) is 0 Å². The van der Waals surface area contributed by atoms with Crippen molar-refractivity contribution < 1.29 is 14.4 Å². The molecule has 7 heteroatoms. The van der Waals surface area contributed by atoms with Gasteiger partial charge in [0, 0.05) is 11.1 Å². The second kappa shape index (κ2) is 5.55. The van der Waals surface area contributed by atoms with Crippen LogP contribution in [0.15, 0.2) is 48.7 Å². The van der Waals surface area contributed by atoms with Crippen LogP contribution in [-0.2, 0) is 4.79 Å². The Bertz CT molecular complexity index is 989. The Morgan fingerprint density at radius 3 is 2.48 bits per heavy atom. The highest BCUT2D eigenvalue weighted by Gasteiger charge is 2.40. The van der Waals surface area contributed by atoms with Crippen molar-refractivity contribution in [3.8, 4) is 0 Å². The van der Waals surface area contributed by atoms with Crippen molar-refractivity contribution in [2.24, 2.45) is 0 Å². The fraction of sp³-hybridized carbons (Fsp3) is 0.111. The Labute approximate surface area is 142 Å². The number of aromatic nitrogens is 2. The minimum absolute atomic E-state index is 0.325. The van der Waals surface area contributed by atoms with Gasteiger partial charge < -0.3 is 5.32 Å². The van der Waals surface area contributed by atoms with Gasteiger partial charge in [-0.25, -0.2) is 0 Å². The van der Waals surface area contributed by atoms with Crippen LogP contribution in [0.5, 0.6) is 0 Å². The van der Waals surface area contributed by atoms with Crippen molar-refractivity contribution in [1.29, 1.82) is 0 Å². The molecule has 0 saturated heterocycles. The number of rotatable bonds is 3. The van der Waals surface area contributed by atoms with E-state index in [1.807, 2.05) is 6.07 Å². The van der Waals surface area contributed by atoms with Crippen molar-refractivity contribution >= 4 is 34.3 Å². The van der Waals surface area contributed by atoms with E-state index < -0.39 is 23.8 Å². The summed E-state index contributed by atoms with van der Waals surface area (Å²) < 4.78 is 0. The Morgan fingerprint density at radius 1 is 1.12 bits per heavy atom. The molecular weight excluding hydrogens is 320 g/mol. The number of hydrogen-bond donors (Lipinski definition) is 2. The number of carbonyl (C=O) groups is 3. The minimum atomic E-state index is -0.926. The number of H-pyrrole nitrogens is 1. The van der Waals surface area contributed by atoms with Gasteiger partial charge in [-0.3, -0.25) is 24.4 Å². The molecule has 124 valence electrons. The standard InChI is InChI=1S/C18H14N4O3/c1-10(22-17(24)13-4-2-3-5-14(13)18(22)25)16(23)20-12-7-6-11-9-19-21-15(11)8-12/h2-10H,1H3,(H,19,21)(H,20,23). The number of benzene rings is 2. The van der Waals surface area contributed by atoms with Crippen LogP contribution in [0.4, 0.5) is 5.69 Å². The molecule has 1 unspecified atom stereocenters. The number of nitrogens with zero attached hydrogens (tertiary/aromatic N) is 2. The SMILES string of the molecule is CC(C(=O)Nc1ccc2cn[nH]c2c1)N1C(=O)c2ccccc2C1=O. The van der Waals surface area contributed by atoms with Gasteiger partial charge in [0.1, 0.15) is 6.04 Å². The summed E-state index contributed by atoms with van der Waals surface area (Å²) >= 11 is 0. The zero-order valence-corrected chi connectivity index (χ0v) is 13.3.